The summed E-state index contributed by atoms with van der Waals surface area (Å²) in [6.07, 6.45) is -2.65. The van der Waals surface area contributed by atoms with E-state index in [1.165, 1.54) is 4.68 Å². The third kappa shape index (κ3) is 2.74. The summed E-state index contributed by atoms with van der Waals surface area (Å²) in [5.74, 6) is 0.325. The predicted octanol–water partition coefficient (Wildman–Crippen LogP) is 1.93. The zero-order valence-corrected chi connectivity index (χ0v) is 8.65. The van der Waals surface area contributed by atoms with Gasteiger partial charge in [-0.2, -0.15) is 18.3 Å². The number of alkyl halides is 3. The Balaban J connectivity index is 2.17. The molecule has 0 radical (unpaired) electrons. The molecule has 0 fully saturated rings. The normalized spacial score (nSPS) is 11.7. The lowest BCUT2D eigenvalue weighted by molar-refractivity contribution is -0.137. The molecule has 0 aliphatic carbocycles. The fourth-order valence-corrected chi connectivity index (χ4v) is 1.35. The fraction of sp³-hybridized carbons (Fsp3) is 0.200. The van der Waals surface area contributed by atoms with Gasteiger partial charge in [-0.3, -0.25) is 4.68 Å². The van der Waals surface area contributed by atoms with Crippen LogP contribution in [0.3, 0.4) is 0 Å². The molecule has 0 atom stereocenters. The van der Waals surface area contributed by atoms with E-state index in [0.29, 0.717) is 11.5 Å². The third-order valence-electron chi connectivity index (χ3n) is 2.11. The van der Waals surface area contributed by atoms with Gasteiger partial charge in [-0.05, 0) is 12.1 Å². The Morgan fingerprint density at radius 3 is 2.65 bits per heavy atom. The summed E-state index contributed by atoms with van der Waals surface area (Å²) in [5.41, 5.74) is 5.25. The molecule has 2 aromatic rings. The number of nitrogens with zero attached hydrogens (tertiary/aromatic N) is 3. The maximum absolute atomic E-state index is 12.3. The average Bonchev–Trinajstić information content (AvgIpc) is 2.65. The molecule has 0 amide bonds. The molecule has 0 bridgehead atoms. The molecule has 0 saturated heterocycles. The summed E-state index contributed by atoms with van der Waals surface area (Å²) in [6, 6.07) is 4.96. The van der Waals surface area contributed by atoms with E-state index in [4.69, 9.17) is 5.73 Å². The van der Waals surface area contributed by atoms with Crippen molar-refractivity contribution in [2.45, 2.75) is 12.7 Å². The standard InChI is InChI=1S/C10H9F3N4/c11-10(12,13)7-4-15-17(5-7)6-8-2-1-3-9(14)16-8/h1-5H,6H2,(H2,14,16). The van der Waals surface area contributed by atoms with Gasteiger partial charge < -0.3 is 5.73 Å². The lowest BCUT2D eigenvalue weighted by Gasteiger charge is -2.02. The summed E-state index contributed by atoms with van der Waals surface area (Å²) in [5, 5.41) is 3.62. The van der Waals surface area contributed by atoms with Gasteiger partial charge in [0.2, 0.25) is 0 Å². The third-order valence-corrected chi connectivity index (χ3v) is 2.11. The van der Waals surface area contributed by atoms with E-state index in [1.807, 2.05) is 0 Å². The van der Waals surface area contributed by atoms with Crippen LogP contribution in [0.2, 0.25) is 0 Å². The van der Waals surface area contributed by atoms with Gasteiger partial charge in [-0.1, -0.05) is 6.07 Å². The van der Waals surface area contributed by atoms with Crippen molar-refractivity contribution in [2.24, 2.45) is 0 Å². The van der Waals surface area contributed by atoms with Crippen LogP contribution < -0.4 is 5.73 Å². The maximum atomic E-state index is 12.3. The molecule has 2 heterocycles. The number of hydrogen-bond donors (Lipinski definition) is 1. The summed E-state index contributed by atoms with van der Waals surface area (Å²) in [4.78, 5) is 3.98. The molecule has 0 saturated carbocycles. The van der Waals surface area contributed by atoms with E-state index in [9.17, 15) is 13.2 Å². The van der Waals surface area contributed by atoms with Crippen LogP contribution in [0.15, 0.2) is 30.6 Å². The van der Waals surface area contributed by atoms with Gasteiger partial charge in [0.1, 0.15) is 5.82 Å². The Morgan fingerprint density at radius 1 is 1.29 bits per heavy atom. The highest BCUT2D eigenvalue weighted by molar-refractivity contribution is 5.28. The van der Waals surface area contributed by atoms with Crippen molar-refractivity contribution >= 4 is 5.82 Å². The number of rotatable bonds is 2. The number of halogens is 3. The van der Waals surface area contributed by atoms with Crippen molar-refractivity contribution in [3.05, 3.63) is 41.9 Å². The van der Waals surface area contributed by atoms with Gasteiger partial charge in [-0.15, -0.1) is 0 Å². The van der Waals surface area contributed by atoms with Gasteiger partial charge in [0, 0.05) is 6.20 Å². The summed E-state index contributed by atoms with van der Waals surface area (Å²) in [6.45, 7) is 0.154. The molecular weight excluding hydrogens is 233 g/mol. The number of anilines is 1. The van der Waals surface area contributed by atoms with E-state index in [-0.39, 0.29) is 6.54 Å². The Morgan fingerprint density at radius 2 is 2.06 bits per heavy atom. The second kappa shape index (κ2) is 4.08. The van der Waals surface area contributed by atoms with Crippen LogP contribution in [0.1, 0.15) is 11.3 Å². The van der Waals surface area contributed by atoms with Crippen LogP contribution in [0.5, 0.6) is 0 Å². The Hall–Kier alpha value is -2.05. The lowest BCUT2D eigenvalue weighted by Crippen LogP contribution is -2.05. The summed E-state index contributed by atoms with van der Waals surface area (Å²) < 4.78 is 38.1. The summed E-state index contributed by atoms with van der Waals surface area (Å²) >= 11 is 0. The highest BCUT2D eigenvalue weighted by atomic mass is 19.4. The zero-order chi connectivity index (χ0) is 12.5. The van der Waals surface area contributed by atoms with Crippen molar-refractivity contribution in [1.29, 1.82) is 0 Å². The number of nitrogen functional groups attached to an aromatic ring is 1. The Bertz CT molecular complexity index is 518. The van der Waals surface area contributed by atoms with Crippen LogP contribution in [0, 0.1) is 0 Å². The van der Waals surface area contributed by atoms with Crippen LogP contribution in [0.25, 0.3) is 0 Å². The van der Waals surface area contributed by atoms with E-state index in [1.54, 1.807) is 18.2 Å². The molecule has 2 rings (SSSR count). The van der Waals surface area contributed by atoms with Crippen molar-refractivity contribution in [3.63, 3.8) is 0 Å². The SMILES string of the molecule is Nc1cccc(Cn2cc(C(F)(F)F)cn2)n1. The molecule has 7 heteroatoms. The highest BCUT2D eigenvalue weighted by Crippen LogP contribution is 2.28. The first-order valence-electron chi connectivity index (χ1n) is 4.76. The second-order valence-electron chi connectivity index (χ2n) is 3.48. The topological polar surface area (TPSA) is 56.7 Å². The van der Waals surface area contributed by atoms with Crippen LogP contribution >= 0.6 is 0 Å². The Labute approximate surface area is 94.9 Å². The van der Waals surface area contributed by atoms with Crippen molar-refractivity contribution in [3.8, 4) is 0 Å². The smallest absolute Gasteiger partial charge is 0.384 e. The molecule has 0 aliphatic rings. The molecular formula is C10H9F3N4. The fourth-order valence-electron chi connectivity index (χ4n) is 1.35. The summed E-state index contributed by atoms with van der Waals surface area (Å²) in [7, 11) is 0. The van der Waals surface area contributed by atoms with Gasteiger partial charge in [-0.25, -0.2) is 4.98 Å². The number of hydrogen-bond acceptors (Lipinski definition) is 3. The Kier molecular flexibility index (Phi) is 2.74. The molecule has 2 N–H and O–H groups in total. The van der Waals surface area contributed by atoms with E-state index < -0.39 is 11.7 Å². The monoisotopic (exact) mass is 242 g/mol. The van der Waals surface area contributed by atoms with Crippen LogP contribution in [-0.2, 0) is 12.7 Å². The minimum atomic E-state index is -4.37. The lowest BCUT2D eigenvalue weighted by atomic mass is 10.3. The minimum Gasteiger partial charge on any atom is -0.384 e. The van der Waals surface area contributed by atoms with Gasteiger partial charge in [0.05, 0.1) is 24.0 Å². The highest BCUT2D eigenvalue weighted by Gasteiger charge is 2.32. The molecule has 0 aromatic carbocycles. The van der Waals surface area contributed by atoms with Gasteiger partial charge >= 0.3 is 6.18 Å². The molecule has 2 aromatic heterocycles. The van der Waals surface area contributed by atoms with E-state index in [2.05, 4.69) is 10.1 Å². The minimum absolute atomic E-state index is 0.154. The van der Waals surface area contributed by atoms with Crippen LogP contribution in [0.4, 0.5) is 19.0 Å². The quantitative estimate of drug-likeness (QED) is 0.875. The molecule has 4 nitrogen and oxygen atoms in total. The number of pyridine rings is 1. The average molecular weight is 242 g/mol. The van der Waals surface area contributed by atoms with Gasteiger partial charge in [0.25, 0.3) is 0 Å². The predicted molar refractivity (Wildman–Crippen MR) is 55.0 cm³/mol. The molecule has 0 aliphatic heterocycles. The number of aromatic nitrogens is 3. The zero-order valence-electron chi connectivity index (χ0n) is 8.65. The second-order valence-corrected chi connectivity index (χ2v) is 3.48. The van der Waals surface area contributed by atoms with Crippen molar-refractivity contribution in [1.82, 2.24) is 14.8 Å². The van der Waals surface area contributed by atoms with E-state index in [0.717, 1.165) is 12.4 Å². The molecule has 0 unspecified atom stereocenters. The largest absolute Gasteiger partial charge is 0.419 e. The first-order valence-corrected chi connectivity index (χ1v) is 4.76. The number of nitrogens with two attached hydrogens (primary N) is 1. The van der Waals surface area contributed by atoms with Crippen LogP contribution in [-0.4, -0.2) is 14.8 Å². The first-order chi connectivity index (χ1) is 7.95. The molecule has 17 heavy (non-hydrogen) atoms. The van der Waals surface area contributed by atoms with E-state index >= 15 is 0 Å². The molecule has 90 valence electrons. The van der Waals surface area contributed by atoms with Crippen molar-refractivity contribution in [2.75, 3.05) is 5.73 Å². The van der Waals surface area contributed by atoms with Crippen molar-refractivity contribution < 1.29 is 13.2 Å². The first kappa shape index (κ1) is 11.4. The maximum Gasteiger partial charge on any atom is 0.419 e. The molecule has 0 spiro atoms. The van der Waals surface area contributed by atoms with Gasteiger partial charge in [0.15, 0.2) is 0 Å².